The molecule has 2 N–H and O–H groups in total. The highest BCUT2D eigenvalue weighted by Gasteiger charge is 2.33. The molecule has 3 amide bonds. The van der Waals surface area contributed by atoms with E-state index in [1.807, 2.05) is 0 Å². The largest absolute Gasteiger partial charge is 0.444 e. The molecule has 194 valence electrons. The maximum atomic E-state index is 13.5. The minimum Gasteiger partial charge on any atom is -0.444 e. The van der Waals surface area contributed by atoms with Crippen LogP contribution in [0.3, 0.4) is 0 Å². The smallest absolute Gasteiger partial charge is 0.407 e. The number of hydrogen-bond donors (Lipinski definition) is 2. The molecule has 0 saturated carbocycles. The number of alkyl carbamates (subject to hydrolysis) is 1. The lowest BCUT2D eigenvalue weighted by Crippen LogP contribution is -2.47. The number of piperidine rings is 1. The number of halogens is 1. The molecule has 36 heavy (non-hydrogen) atoms. The van der Waals surface area contributed by atoms with E-state index in [-0.39, 0.29) is 36.6 Å². The van der Waals surface area contributed by atoms with Crippen LogP contribution in [0.15, 0.2) is 24.3 Å². The van der Waals surface area contributed by atoms with E-state index in [0.29, 0.717) is 25.2 Å². The maximum Gasteiger partial charge on any atom is 0.407 e. The fourth-order valence-electron chi connectivity index (χ4n) is 4.74. The Labute approximate surface area is 210 Å². The number of aromatic nitrogens is 2. The zero-order valence-corrected chi connectivity index (χ0v) is 21.1. The molecule has 1 aliphatic carbocycles. The summed E-state index contributed by atoms with van der Waals surface area (Å²) in [5.41, 5.74) is 2.51. The van der Waals surface area contributed by atoms with Crippen molar-refractivity contribution in [3.05, 3.63) is 47.0 Å². The van der Waals surface area contributed by atoms with Crippen LogP contribution >= 0.6 is 0 Å². The molecule has 0 bridgehead atoms. The Morgan fingerprint density at radius 2 is 1.81 bits per heavy atom. The maximum absolute atomic E-state index is 13.5. The molecule has 2 heterocycles. The number of amides is 3. The monoisotopic (exact) mass is 499 g/mol. The topological polar surface area (TPSA) is 106 Å². The molecule has 1 saturated heterocycles. The fraction of sp³-hybridized carbons (Fsp3) is 0.538. The summed E-state index contributed by atoms with van der Waals surface area (Å²) in [5.74, 6) is -0.952. The quantitative estimate of drug-likeness (QED) is 0.595. The molecule has 9 nitrogen and oxygen atoms in total. The molecule has 1 aromatic heterocycles. The first-order valence-electron chi connectivity index (χ1n) is 12.5. The van der Waals surface area contributed by atoms with E-state index in [2.05, 4.69) is 15.7 Å². The molecule has 1 aliphatic heterocycles. The van der Waals surface area contributed by atoms with Gasteiger partial charge in [-0.15, -0.1) is 0 Å². The number of benzene rings is 1. The van der Waals surface area contributed by atoms with E-state index in [1.54, 1.807) is 42.5 Å². The van der Waals surface area contributed by atoms with E-state index in [4.69, 9.17) is 4.74 Å². The molecule has 0 radical (unpaired) electrons. The lowest BCUT2D eigenvalue weighted by atomic mass is 9.96. The lowest BCUT2D eigenvalue weighted by molar-refractivity contribution is -0.126. The van der Waals surface area contributed by atoms with Gasteiger partial charge in [-0.05, 0) is 77.1 Å². The van der Waals surface area contributed by atoms with Gasteiger partial charge in [0.15, 0.2) is 5.69 Å². The number of ether oxygens (including phenoxy) is 1. The van der Waals surface area contributed by atoms with Crippen LogP contribution in [0.4, 0.5) is 9.18 Å². The molecule has 10 heteroatoms. The first-order valence-corrected chi connectivity index (χ1v) is 12.5. The number of nitrogens with one attached hydrogen (secondary N) is 2. The summed E-state index contributed by atoms with van der Waals surface area (Å²) in [6.07, 6.45) is 3.42. The Hall–Kier alpha value is -3.43. The zero-order chi connectivity index (χ0) is 25.9. The highest BCUT2D eigenvalue weighted by molar-refractivity contribution is 5.95. The summed E-state index contributed by atoms with van der Waals surface area (Å²) < 4.78 is 20.3. The summed E-state index contributed by atoms with van der Waals surface area (Å²) in [4.78, 5) is 39.7. The average molecular weight is 500 g/mol. The van der Waals surface area contributed by atoms with Crippen molar-refractivity contribution in [3.8, 4) is 5.69 Å². The third kappa shape index (κ3) is 6.03. The van der Waals surface area contributed by atoms with Gasteiger partial charge in [-0.2, -0.15) is 5.10 Å². The molecule has 1 aromatic carbocycles. The Morgan fingerprint density at radius 1 is 1.08 bits per heavy atom. The van der Waals surface area contributed by atoms with Gasteiger partial charge >= 0.3 is 6.09 Å². The predicted molar refractivity (Wildman–Crippen MR) is 131 cm³/mol. The van der Waals surface area contributed by atoms with Crippen LogP contribution in [0.25, 0.3) is 5.69 Å². The Morgan fingerprint density at radius 3 is 2.53 bits per heavy atom. The van der Waals surface area contributed by atoms with Crippen LogP contribution < -0.4 is 10.6 Å². The third-order valence-corrected chi connectivity index (χ3v) is 6.38. The van der Waals surface area contributed by atoms with Crippen molar-refractivity contribution in [1.82, 2.24) is 25.3 Å². The number of fused-ring (bicyclic) bond motifs is 1. The molecule has 1 unspecified atom stereocenters. The molecule has 2 aliphatic rings. The van der Waals surface area contributed by atoms with E-state index in [1.165, 1.54) is 12.1 Å². The minimum atomic E-state index is -0.583. The average Bonchev–Trinajstić information content (AvgIpc) is 3.44. The Bertz CT molecular complexity index is 1120. The highest BCUT2D eigenvalue weighted by Crippen LogP contribution is 2.29. The fourth-order valence-corrected chi connectivity index (χ4v) is 4.74. The first kappa shape index (κ1) is 25.7. The second-order valence-electron chi connectivity index (χ2n) is 10.3. The van der Waals surface area contributed by atoms with Crippen LogP contribution in [-0.4, -0.2) is 64.4 Å². The van der Waals surface area contributed by atoms with Crippen molar-refractivity contribution in [1.29, 1.82) is 0 Å². The molecular weight excluding hydrogens is 465 g/mol. The van der Waals surface area contributed by atoms with E-state index in [9.17, 15) is 18.8 Å². The predicted octanol–water partition coefficient (Wildman–Crippen LogP) is 2.99. The third-order valence-electron chi connectivity index (χ3n) is 6.38. The van der Waals surface area contributed by atoms with Crippen LogP contribution in [-0.2, 0) is 22.4 Å². The second-order valence-corrected chi connectivity index (χ2v) is 10.3. The summed E-state index contributed by atoms with van der Waals surface area (Å²) in [7, 11) is 0. The summed E-state index contributed by atoms with van der Waals surface area (Å²) >= 11 is 0. The Balaban J connectivity index is 1.35. The number of likely N-dealkylation sites (tertiary alicyclic amines) is 1. The van der Waals surface area contributed by atoms with Crippen molar-refractivity contribution in [2.24, 2.45) is 5.92 Å². The zero-order valence-electron chi connectivity index (χ0n) is 21.1. The van der Waals surface area contributed by atoms with Gasteiger partial charge in [0.25, 0.3) is 5.91 Å². The molecule has 4 rings (SSSR count). The van der Waals surface area contributed by atoms with Crippen LogP contribution in [0.1, 0.15) is 61.8 Å². The number of hydrogen-bond acceptors (Lipinski definition) is 5. The van der Waals surface area contributed by atoms with Gasteiger partial charge in [-0.3, -0.25) is 9.59 Å². The summed E-state index contributed by atoms with van der Waals surface area (Å²) in [5, 5.41) is 10.1. The Kier molecular flexibility index (Phi) is 7.61. The van der Waals surface area contributed by atoms with Crippen molar-refractivity contribution >= 4 is 17.9 Å². The van der Waals surface area contributed by atoms with Gasteiger partial charge in [0.05, 0.1) is 11.6 Å². The molecular formula is C26H34FN5O4. The molecule has 0 spiro atoms. The van der Waals surface area contributed by atoms with Crippen LogP contribution in [0.5, 0.6) is 0 Å². The lowest BCUT2D eigenvalue weighted by Gasteiger charge is -2.31. The number of carbonyl (C=O) groups is 3. The van der Waals surface area contributed by atoms with Gasteiger partial charge in [-0.1, -0.05) is 0 Å². The summed E-state index contributed by atoms with van der Waals surface area (Å²) in [6, 6.07) is 6.09. The van der Waals surface area contributed by atoms with Crippen molar-refractivity contribution < 1.29 is 23.5 Å². The number of rotatable bonds is 6. The minimum absolute atomic E-state index is 0.138. The molecule has 1 fully saturated rings. The van der Waals surface area contributed by atoms with Crippen LogP contribution in [0.2, 0.25) is 0 Å². The SMILES string of the molecule is CC(C)(C)OC(=O)NCCNC(=O)C1CCCN(C(=O)c2nn(-c3ccc(F)cc3)c3c2CCC3)C1. The molecule has 2 aromatic rings. The van der Waals surface area contributed by atoms with E-state index >= 15 is 0 Å². The standard InChI is InChI=1S/C26H34FN5O4/c1-26(2,3)36-25(35)29-14-13-28-23(33)17-6-5-15-31(16-17)24(34)22-20-7-4-8-21(20)32(30-22)19-11-9-18(27)10-12-19/h9-12,17H,4-8,13-16H2,1-3H3,(H,28,33)(H,29,35). The first-order chi connectivity index (χ1) is 17.1. The number of carbonyl (C=O) groups excluding carboxylic acids is 3. The highest BCUT2D eigenvalue weighted by atomic mass is 19.1. The van der Waals surface area contributed by atoms with E-state index < -0.39 is 11.7 Å². The summed E-state index contributed by atoms with van der Waals surface area (Å²) in [6.45, 7) is 6.77. The molecule has 1 atom stereocenters. The van der Waals surface area contributed by atoms with Gasteiger partial charge < -0.3 is 20.3 Å². The number of nitrogens with zero attached hydrogens (tertiary/aromatic N) is 3. The van der Waals surface area contributed by atoms with Crippen molar-refractivity contribution in [2.75, 3.05) is 26.2 Å². The normalized spacial score (nSPS) is 17.4. The van der Waals surface area contributed by atoms with Gasteiger partial charge in [0, 0.05) is 37.4 Å². The van der Waals surface area contributed by atoms with Gasteiger partial charge in [-0.25, -0.2) is 13.9 Å². The van der Waals surface area contributed by atoms with Gasteiger partial charge in [0.2, 0.25) is 5.91 Å². The second kappa shape index (κ2) is 10.7. The van der Waals surface area contributed by atoms with Crippen molar-refractivity contribution in [2.45, 2.75) is 58.5 Å². The van der Waals surface area contributed by atoms with E-state index in [0.717, 1.165) is 42.6 Å². The van der Waals surface area contributed by atoms with Crippen LogP contribution in [0, 0.1) is 11.7 Å². The van der Waals surface area contributed by atoms with Gasteiger partial charge in [0.1, 0.15) is 11.4 Å². The van der Waals surface area contributed by atoms with Crippen molar-refractivity contribution in [3.63, 3.8) is 0 Å².